The number of thiophene rings is 1. The quantitative estimate of drug-likeness (QED) is 0.384. The number of hydrogen-bond donors (Lipinski definition) is 1. The second-order valence-electron chi connectivity index (χ2n) is 5.51. The van der Waals surface area contributed by atoms with Crippen molar-refractivity contribution in [3.05, 3.63) is 53.1 Å². The minimum atomic E-state index is -0.0902. The molecule has 0 aliphatic carbocycles. The van der Waals surface area contributed by atoms with Crippen LogP contribution in [0.1, 0.15) is 5.69 Å². The number of aryl methyl sites for hydroxylation is 1. The van der Waals surface area contributed by atoms with Crippen molar-refractivity contribution in [2.24, 2.45) is 0 Å². The van der Waals surface area contributed by atoms with Gasteiger partial charge in [-0.05, 0) is 12.5 Å². The lowest BCUT2D eigenvalue weighted by Crippen LogP contribution is -2.14. The molecule has 1 aromatic carbocycles. The summed E-state index contributed by atoms with van der Waals surface area (Å²) in [5, 5.41) is 9.29. The number of hydrogen-bond acceptors (Lipinski definition) is 7. The van der Waals surface area contributed by atoms with Crippen LogP contribution in [-0.4, -0.2) is 26.6 Å². The molecule has 0 aliphatic heterocycles. The average Bonchev–Trinajstić information content (AvgIpc) is 3.27. The Labute approximate surface area is 162 Å². The summed E-state index contributed by atoms with van der Waals surface area (Å²) < 4.78 is 0. The fraction of sp³-hybridized carbons (Fsp3) is 0.111. The Morgan fingerprint density at radius 1 is 1.15 bits per heavy atom. The molecule has 8 heteroatoms. The molecule has 0 bridgehead atoms. The Morgan fingerprint density at radius 3 is 2.77 bits per heavy atom. The highest BCUT2D eigenvalue weighted by Crippen LogP contribution is 2.37. The number of thioether (sulfide) groups is 1. The summed E-state index contributed by atoms with van der Waals surface area (Å²) in [6, 6.07) is 10.2. The number of carbonyl (C=O) groups is 1. The van der Waals surface area contributed by atoms with Crippen LogP contribution in [0.2, 0.25) is 0 Å². The van der Waals surface area contributed by atoms with Crippen molar-refractivity contribution in [2.75, 3.05) is 11.1 Å². The first kappa shape index (κ1) is 17.1. The summed E-state index contributed by atoms with van der Waals surface area (Å²) in [7, 11) is 0. The fourth-order valence-electron chi connectivity index (χ4n) is 2.49. The van der Waals surface area contributed by atoms with Gasteiger partial charge in [-0.3, -0.25) is 4.79 Å². The highest BCUT2D eigenvalue weighted by molar-refractivity contribution is 8.00. The van der Waals surface area contributed by atoms with Gasteiger partial charge in [-0.15, -0.1) is 22.7 Å². The van der Waals surface area contributed by atoms with E-state index in [1.165, 1.54) is 23.1 Å². The van der Waals surface area contributed by atoms with Crippen molar-refractivity contribution in [1.82, 2.24) is 15.0 Å². The van der Waals surface area contributed by atoms with Crippen LogP contribution in [0.3, 0.4) is 0 Å². The van der Waals surface area contributed by atoms with Crippen molar-refractivity contribution < 1.29 is 4.79 Å². The molecule has 0 unspecified atom stereocenters. The van der Waals surface area contributed by atoms with Crippen molar-refractivity contribution in [1.29, 1.82) is 0 Å². The predicted molar refractivity (Wildman–Crippen MR) is 109 cm³/mol. The Kier molecular flexibility index (Phi) is 4.96. The maximum Gasteiger partial charge on any atom is 0.236 e. The van der Waals surface area contributed by atoms with E-state index in [4.69, 9.17) is 0 Å². The van der Waals surface area contributed by atoms with E-state index in [1.807, 2.05) is 30.5 Å². The molecule has 0 spiro atoms. The highest BCUT2D eigenvalue weighted by atomic mass is 32.2. The molecule has 0 radical (unpaired) electrons. The number of thiazole rings is 1. The average molecular weight is 399 g/mol. The van der Waals surface area contributed by atoms with E-state index in [0.29, 0.717) is 5.13 Å². The number of fused-ring (bicyclic) bond motifs is 1. The fourth-order valence-corrected chi connectivity index (χ4v) is 4.99. The number of amides is 1. The Bertz CT molecular complexity index is 1060. The largest absolute Gasteiger partial charge is 0.301 e. The smallest absolute Gasteiger partial charge is 0.236 e. The Morgan fingerprint density at radius 2 is 2.00 bits per heavy atom. The molecule has 4 rings (SSSR count). The molecule has 0 saturated heterocycles. The highest BCUT2D eigenvalue weighted by Gasteiger charge is 2.15. The molecule has 4 aromatic rings. The van der Waals surface area contributed by atoms with Crippen LogP contribution in [-0.2, 0) is 4.79 Å². The lowest BCUT2D eigenvalue weighted by Gasteiger charge is -2.05. The third-order valence-corrected chi connectivity index (χ3v) is 6.38. The SMILES string of the molecule is Cc1csc(NC(=O)CSc2ncnc3scc(-c4ccccc4)c23)n1. The normalized spacial score (nSPS) is 11.0. The Balaban J connectivity index is 1.56. The number of anilines is 1. The number of aromatic nitrogens is 3. The summed E-state index contributed by atoms with van der Waals surface area (Å²) in [6.07, 6.45) is 1.55. The lowest BCUT2D eigenvalue weighted by molar-refractivity contribution is -0.113. The van der Waals surface area contributed by atoms with Gasteiger partial charge in [-0.1, -0.05) is 42.1 Å². The lowest BCUT2D eigenvalue weighted by atomic mass is 10.1. The van der Waals surface area contributed by atoms with E-state index in [-0.39, 0.29) is 11.7 Å². The standard InChI is InChI=1S/C18H14N4OS3/c1-11-7-26-18(21-11)22-14(23)9-25-17-15-13(12-5-3-2-4-6-12)8-24-16(15)19-10-20-17/h2-8,10H,9H2,1H3,(H,21,22,23). The maximum atomic E-state index is 12.2. The van der Waals surface area contributed by atoms with Crippen molar-refractivity contribution in [3.8, 4) is 11.1 Å². The molecular weight excluding hydrogens is 384 g/mol. The first-order valence-corrected chi connectivity index (χ1v) is 10.6. The van der Waals surface area contributed by atoms with Crippen LogP contribution < -0.4 is 5.32 Å². The van der Waals surface area contributed by atoms with Crippen LogP contribution in [0, 0.1) is 6.92 Å². The predicted octanol–water partition coefficient (Wildman–Crippen LogP) is 4.85. The first-order chi connectivity index (χ1) is 12.7. The van der Waals surface area contributed by atoms with Crippen LogP contribution in [0.25, 0.3) is 21.3 Å². The summed E-state index contributed by atoms with van der Waals surface area (Å²) in [6.45, 7) is 1.90. The molecule has 0 fully saturated rings. The van der Waals surface area contributed by atoms with Gasteiger partial charge in [0, 0.05) is 16.3 Å². The van der Waals surface area contributed by atoms with Gasteiger partial charge in [0.25, 0.3) is 0 Å². The summed E-state index contributed by atoms with van der Waals surface area (Å²) in [5.74, 6) is 0.182. The number of nitrogens with one attached hydrogen (secondary N) is 1. The summed E-state index contributed by atoms with van der Waals surface area (Å²) in [5.41, 5.74) is 3.13. The van der Waals surface area contributed by atoms with Gasteiger partial charge in [0.1, 0.15) is 16.2 Å². The Hall–Kier alpha value is -2.29. The second-order valence-corrected chi connectivity index (χ2v) is 8.19. The number of benzene rings is 1. The zero-order chi connectivity index (χ0) is 17.9. The first-order valence-electron chi connectivity index (χ1n) is 7.83. The molecule has 130 valence electrons. The number of carbonyl (C=O) groups excluding carboxylic acids is 1. The molecule has 3 aromatic heterocycles. The summed E-state index contributed by atoms with van der Waals surface area (Å²) >= 11 is 4.43. The van der Waals surface area contributed by atoms with Crippen LogP contribution in [0.15, 0.2) is 52.4 Å². The van der Waals surface area contributed by atoms with Gasteiger partial charge >= 0.3 is 0 Å². The topological polar surface area (TPSA) is 67.8 Å². The molecule has 26 heavy (non-hydrogen) atoms. The van der Waals surface area contributed by atoms with Gasteiger partial charge in [0.05, 0.1) is 16.8 Å². The zero-order valence-corrected chi connectivity index (χ0v) is 16.3. The third kappa shape index (κ3) is 3.62. The molecular formula is C18H14N4OS3. The van der Waals surface area contributed by atoms with Gasteiger partial charge in [-0.25, -0.2) is 15.0 Å². The molecule has 5 nitrogen and oxygen atoms in total. The van der Waals surface area contributed by atoms with Crippen molar-refractivity contribution in [2.45, 2.75) is 11.9 Å². The third-order valence-electron chi connectivity index (χ3n) is 3.63. The number of nitrogens with zero attached hydrogens (tertiary/aromatic N) is 3. The van der Waals surface area contributed by atoms with Crippen molar-refractivity contribution >= 4 is 55.7 Å². The monoisotopic (exact) mass is 398 g/mol. The van der Waals surface area contributed by atoms with Gasteiger partial charge in [0.2, 0.25) is 5.91 Å². The molecule has 3 heterocycles. The number of rotatable bonds is 5. The van der Waals surface area contributed by atoms with Gasteiger partial charge in [0.15, 0.2) is 5.13 Å². The van der Waals surface area contributed by atoms with Crippen LogP contribution in [0.5, 0.6) is 0 Å². The summed E-state index contributed by atoms with van der Waals surface area (Å²) in [4.78, 5) is 26.2. The molecule has 0 saturated carbocycles. The van der Waals surface area contributed by atoms with Crippen LogP contribution >= 0.6 is 34.4 Å². The van der Waals surface area contributed by atoms with Gasteiger partial charge in [-0.2, -0.15) is 0 Å². The van der Waals surface area contributed by atoms with E-state index in [2.05, 4.69) is 37.8 Å². The molecule has 0 atom stereocenters. The zero-order valence-electron chi connectivity index (χ0n) is 13.8. The minimum Gasteiger partial charge on any atom is -0.301 e. The van der Waals surface area contributed by atoms with Crippen LogP contribution in [0.4, 0.5) is 5.13 Å². The van der Waals surface area contributed by atoms with Gasteiger partial charge < -0.3 is 5.32 Å². The molecule has 1 amide bonds. The van der Waals surface area contributed by atoms with Crippen molar-refractivity contribution in [3.63, 3.8) is 0 Å². The molecule has 0 aliphatic rings. The van der Waals surface area contributed by atoms with E-state index in [1.54, 1.807) is 17.7 Å². The minimum absolute atomic E-state index is 0.0902. The molecule has 1 N–H and O–H groups in total. The second kappa shape index (κ2) is 7.53. The maximum absolute atomic E-state index is 12.2. The van der Waals surface area contributed by atoms with E-state index < -0.39 is 0 Å². The van der Waals surface area contributed by atoms with E-state index in [9.17, 15) is 4.79 Å². The van der Waals surface area contributed by atoms with E-state index in [0.717, 1.165) is 32.1 Å². The van der Waals surface area contributed by atoms with E-state index >= 15 is 0 Å².